The lowest BCUT2D eigenvalue weighted by Gasteiger charge is -2.32. The van der Waals surface area contributed by atoms with Crippen LogP contribution in [-0.4, -0.2) is 53.0 Å². The highest BCUT2D eigenvalue weighted by molar-refractivity contribution is 7.98. The van der Waals surface area contributed by atoms with Gasteiger partial charge in [0.1, 0.15) is 10.6 Å². The highest BCUT2D eigenvalue weighted by Crippen LogP contribution is 2.39. The van der Waals surface area contributed by atoms with Crippen LogP contribution in [0.1, 0.15) is 43.0 Å². The summed E-state index contributed by atoms with van der Waals surface area (Å²) < 4.78 is 5.12. The molecule has 1 amide bonds. The molecule has 146 valence electrons. The molecule has 27 heavy (non-hydrogen) atoms. The molecule has 0 bridgehead atoms. The minimum absolute atomic E-state index is 0.197. The molecule has 0 radical (unpaired) electrons. The molecule has 1 saturated heterocycles. The molecule has 3 heterocycles. The van der Waals surface area contributed by atoms with Gasteiger partial charge in [0, 0.05) is 24.0 Å². The maximum Gasteiger partial charge on any atom is 0.409 e. The first-order valence-corrected chi connectivity index (χ1v) is 11.8. The second kappa shape index (κ2) is 8.22. The number of hydrogen-bond acceptors (Lipinski definition) is 7. The van der Waals surface area contributed by atoms with Crippen molar-refractivity contribution in [3.8, 4) is 0 Å². The lowest BCUT2D eigenvalue weighted by Crippen LogP contribution is -2.42. The zero-order valence-electron chi connectivity index (χ0n) is 15.9. The number of aromatic nitrogens is 2. The molecule has 1 fully saturated rings. The van der Waals surface area contributed by atoms with Gasteiger partial charge in [-0.3, -0.25) is 0 Å². The molecule has 1 aliphatic carbocycles. The van der Waals surface area contributed by atoms with E-state index in [1.54, 1.807) is 16.7 Å². The highest BCUT2D eigenvalue weighted by atomic mass is 32.2. The van der Waals surface area contributed by atoms with Crippen molar-refractivity contribution in [1.82, 2.24) is 14.9 Å². The summed E-state index contributed by atoms with van der Waals surface area (Å²) in [5.41, 5.74) is 1.46. The summed E-state index contributed by atoms with van der Waals surface area (Å²) in [5, 5.41) is 5.75. The van der Waals surface area contributed by atoms with Crippen molar-refractivity contribution in [1.29, 1.82) is 0 Å². The number of nitrogens with zero attached hydrogens (tertiary/aromatic N) is 3. The van der Waals surface area contributed by atoms with Gasteiger partial charge in [0.05, 0.1) is 12.0 Å². The van der Waals surface area contributed by atoms with Crippen LogP contribution in [0.5, 0.6) is 0 Å². The first-order chi connectivity index (χ1) is 13.2. The van der Waals surface area contributed by atoms with E-state index < -0.39 is 0 Å². The molecule has 0 spiro atoms. The van der Waals surface area contributed by atoms with Gasteiger partial charge >= 0.3 is 6.09 Å². The Morgan fingerprint density at radius 1 is 1.30 bits per heavy atom. The van der Waals surface area contributed by atoms with E-state index in [-0.39, 0.29) is 6.09 Å². The Kier molecular flexibility index (Phi) is 5.73. The Labute approximate surface area is 168 Å². The second-order valence-corrected chi connectivity index (χ2v) is 8.91. The molecule has 2 aliphatic rings. The number of aryl methyl sites for hydroxylation is 2. The Morgan fingerprint density at radius 2 is 2.07 bits per heavy atom. The molecule has 1 N–H and O–H groups in total. The van der Waals surface area contributed by atoms with Crippen LogP contribution >= 0.6 is 23.1 Å². The number of likely N-dealkylation sites (tertiary alicyclic amines) is 1. The number of piperidine rings is 1. The fourth-order valence-electron chi connectivity index (χ4n) is 3.95. The van der Waals surface area contributed by atoms with Crippen LogP contribution in [0.25, 0.3) is 10.2 Å². The molecule has 6 nitrogen and oxygen atoms in total. The van der Waals surface area contributed by atoms with Crippen LogP contribution in [0, 0.1) is 0 Å². The largest absolute Gasteiger partial charge is 0.450 e. The van der Waals surface area contributed by atoms with Crippen molar-refractivity contribution in [3.63, 3.8) is 0 Å². The summed E-state index contributed by atoms with van der Waals surface area (Å²) in [7, 11) is 0. The fourth-order valence-corrected chi connectivity index (χ4v) is 5.63. The number of amides is 1. The number of fused-ring (bicyclic) bond motifs is 3. The van der Waals surface area contributed by atoms with E-state index in [1.807, 2.05) is 24.5 Å². The van der Waals surface area contributed by atoms with Crippen molar-refractivity contribution in [2.45, 2.75) is 56.6 Å². The predicted octanol–water partition coefficient (Wildman–Crippen LogP) is 4.32. The van der Waals surface area contributed by atoms with Gasteiger partial charge in [-0.1, -0.05) is 11.8 Å². The Morgan fingerprint density at radius 3 is 2.81 bits per heavy atom. The number of rotatable bonds is 4. The normalized spacial score (nSPS) is 17.8. The number of thiophene rings is 1. The lowest BCUT2D eigenvalue weighted by molar-refractivity contribution is 0.0983. The van der Waals surface area contributed by atoms with Crippen molar-refractivity contribution < 1.29 is 9.53 Å². The van der Waals surface area contributed by atoms with Crippen LogP contribution in [0.2, 0.25) is 0 Å². The van der Waals surface area contributed by atoms with Crippen LogP contribution in [0.3, 0.4) is 0 Å². The molecule has 4 rings (SSSR count). The molecular formula is C19H26N4O2S2. The molecule has 2 aromatic heterocycles. The minimum Gasteiger partial charge on any atom is -0.450 e. The van der Waals surface area contributed by atoms with E-state index in [1.165, 1.54) is 35.1 Å². The van der Waals surface area contributed by atoms with Crippen LogP contribution in [0.4, 0.5) is 10.6 Å². The first-order valence-electron chi connectivity index (χ1n) is 9.74. The van der Waals surface area contributed by atoms with E-state index in [2.05, 4.69) is 5.32 Å². The fraction of sp³-hybridized carbons (Fsp3) is 0.632. The van der Waals surface area contributed by atoms with Gasteiger partial charge in [0.25, 0.3) is 0 Å². The number of hydrogen-bond donors (Lipinski definition) is 1. The Balaban J connectivity index is 1.55. The summed E-state index contributed by atoms with van der Waals surface area (Å²) in [6.07, 6.45) is 8.47. The standard InChI is InChI=1S/C19H26N4O2S2/c1-3-25-19(24)23-10-8-12(9-11-23)20-16-15-13-6-4-5-7-14(13)27-17(15)22-18(21-16)26-2/h12H,3-11H2,1-2H3,(H,20,21,22). The SMILES string of the molecule is CCOC(=O)N1CCC(Nc2nc(SC)nc3sc4c(c23)CCCC4)CC1. The Bertz CT molecular complexity index is 831. The monoisotopic (exact) mass is 406 g/mol. The van der Waals surface area contributed by atoms with E-state index >= 15 is 0 Å². The molecule has 8 heteroatoms. The van der Waals surface area contributed by atoms with Crippen molar-refractivity contribution in [3.05, 3.63) is 10.4 Å². The second-order valence-electron chi connectivity index (χ2n) is 7.05. The van der Waals surface area contributed by atoms with Crippen LogP contribution < -0.4 is 5.32 Å². The van der Waals surface area contributed by atoms with Gasteiger partial charge in [0.15, 0.2) is 5.16 Å². The average Bonchev–Trinajstić information content (AvgIpc) is 3.07. The molecule has 0 saturated carbocycles. The Hall–Kier alpha value is -1.54. The molecule has 0 unspecified atom stereocenters. The third-order valence-corrected chi connectivity index (χ3v) is 7.07. The van der Waals surface area contributed by atoms with Gasteiger partial charge in [0.2, 0.25) is 0 Å². The number of anilines is 1. The van der Waals surface area contributed by atoms with Gasteiger partial charge in [-0.25, -0.2) is 14.8 Å². The van der Waals surface area contributed by atoms with Crippen molar-refractivity contribution >= 4 is 45.2 Å². The van der Waals surface area contributed by atoms with Gasteiger partial charge in [-0.15, -0.1) is 11.3 Å². The number of ether oxygens (including phenoxy) is 1. The van der Waals surface area contributed by atoms with Gasteiger partial charge < -0.3 is 15.0 Å². The summed E-state index contributed by atoms with van der Waals surface area (Å²) >= 11 is 3.43. The van der Waals surface area contributed by atoms with Crippen molar-refractivity contribution in [2.24, 2.45) is 0 Å². The van der Waals surface area contributed by atoms with Gasteiger partial charge in [-0.2, -0.15) is 0 Å². The highest BCUT2D eigenvalue weighted by Gasteiger charge is 2.26. The predicted molar refractivity (Wildman–Crippen MR) is 111 cm³/mol. The third-order valence-electron chi connectivity index (χ3n) is 5.34. The van der Waals surface area contributed by atoms with E-state index in [9.17, 15) is 4.79 Å². The van der Waals surface area contributed by atoms with Crippen LogP contribution in [0.15, 0.2) is 5.16 Å². The number of nitrogens with one attached hydrogen (secondary N) is 1. The lowest BCUT2D eigenvalue weighted by atomic mass is 9.96. The number of thioether (sulfide) groups is 1. The summed E-state index contributed by atoms with van der Waals surface area (Å²) in [5.74, 6) is 0.985. The smallest absolute Gasteiger partial charge is 0.409 e. The summed E-state index contributed by atoms with van der Waals surface area (Å²) in [4.78, 5) is 25.9. The molecule has 1 aliphatic heterocycles. The zero-order chi connectivity index (χ0) is 18.8. The first kappa shape index (κ1) is 18.8. The number of carbonyl (C=O) groups excluding carboxylic acids is 1. The topological polar surface area (TPSA) is 67.3 Å². The van der Waals surface area contributed by atoms with Crippen LogP contribution in [-0.2, 0) is 17.6 Å². The number of carbonyl (C=O) groups is 1. The third kappa shape index (κ3) is 3.87. The molecular weight excluding hydrogens is 380 g/mol. The maximum absolute atomic E-state index is 11.9. The average molecular weight is 407 g/mol. The summed E-state index contributed by atoms with van der Waals surface area (Å²) in [6, 6.07) is 0.322. The van der Waals surface area contributed by atoms with Crippen molar-refractivity contribution in [2.75, 3.05) is 31.3 Å². The van der Waals surface area contributed by atoms with E-state index in [4.69, 9.17) is 14.7 Å². The maximum atomic E-state index is 11.9. The molecule has 2 aromatic rings. The summed E-state index contributed by atoms with van der Waals surface area (Å²) in [6.45, 7) is 3.72. The zero-order valence-corrected chi connectivity index (χ0v) is 17.5. The molecule has 0 atom stereocenters. The van der Waals surface area contributed by atoms with E-state index in [0.717, 1.165) is 48.2 Å². The quantitative estimate of drug-likeness (QED) is 0.602. The van der Waals surface area contributed by atoms with E-state index in [0.29, 0.717) is 12.6 Å². The molecule has 0 aromatic carbocycles. The van der Waals surface area contributed by atoms with Gasteiger partial charge in [-0.05, 0) is 57.3 Å². The minimum atomic E-state index is -0.197.